The number of nitrogens with one attached hydrogen (secondary N) is 2. The lowest BCUT2D eigenvalue weighted by Gasteiger charge is -2.37. The Bertz CT molecular complexity index is 1270. The van der Waals surface area contributed by atoms with E-state index in [2.05, 4.69) is 10.1 Å². The molecule has 3 aromatic carbocycles. The Morgan fingerprint density at radius 2 is 1.46 bits per heavy atom. The van der Waals surface area contributed by atoms with Crippen LogP contribution in [0.3, 0.4) is 0 Å². The summed E-state index contributed by atoms with van der Waals surface area (Å²) in [7, 11) is 0. The topological polar surface area (TPSA) is 50.4 Å². The van der Waals surface area contributed by atoms with Crippen molar-refractivity contribution in [3.63, 3.8) is 0 Å². The summed E-state index contributed by atoms with van der Waals surface area (Å²) in [6, 6.07) is 10.3. The minimum atomic E-state index is -5.02. The lowest BCUT2D eigenvalue weighted by atomic mass is 9.77. The summed E-state index contributed by atoms with van der Waals surface area (Å²) >= 11 is 0. The summed E-state index contributed by atoms with van der Waals surface area (Å²) in [5.41, 5.74) is -1.98. The quantitative estimate of drug-likeness (QED) is 0.277. The van der Waals surface area contributed by atoms with E-state index >= 15 is 0 Å². The standard InChI is InChI=1S/C26H21F9N2O2/c1-15(25(31,32)33)36-23(38)37-24(14-16-5-3-2-4-6-16,17-7-9-19(27)10-8-17)18-11-20(28)13-21(12-18)39-26(34,35)22(29)30/h2-13,15,22H,14H2,1H3,(H2,36,37,38). The molecule has 3 aromatic rings. The Hall–Kier alpha value is -3.90. The van der Waals surface area contributed by atoms with Crippen molar-refractivity contribution in [1.29, 1.82) is 0 Å². The Morgan fingerprint density at radius 1 is 0.846 bits per heavy atom. The minimum absolute atomic E-state index is 0.000246. The third-order valence-corrected chi connectivity index (χ3v) is 5.69. The first kappa shape index (κ1) is 29.7. The number of alkyl halides is 7. The van der Waals surface area contributed by atoms with Crippen LogP contribution in [0.15, 0.2) is 72.8 Å². The van der Waals surface area contributed by atoms with Gasteiger partial charge in [0.15, 0.2) is 0 Å². The highest BCUT2D eigenvalue weighted by molar-refractivity contribution is 5.76. The van der Waals surface area contributed by atoms with Crippen molar-refractivity contribution in [3.8, 4) is 5.75 Å². The van der Waals surface area contributed by atoms with Crippen LogP contribution in [0, 0.1) is 11.6 Å². The van der Waals surface area contributed by atoms with Crippen LogP contribution in [0.4, 0.5) is 44.3 Å². The summed E-state index contributed by atoms with van der Waals surface area (Å²) in [5, 5.41) is 4.04. The van der Waals surface area contributed by atoms with Gasteiger partial charge < -0.3 is 15.4 Å². The molecule has 0 radical (unpaired) electrons. The molecule has 13 heteroatoms. The predicted octanol–water partition coefficient (Wildman–Crippen LogP) is 6.94. The first-order valence-electron chi connectivity index (χ1n) is 11.2. The third-order valence-electron chi connectivity index (χ3n) is 5.69. The maximum absolute atomic E-state index is 14.7. The molecule has 3 rings (SSSR count). The van der Waals surface area contributed by atoms with E-state index in [0.717, 1.165) is 36.4 Å². The van der Waals surface area contributed by atoms with Gasteiger partial charge in [-0.1, -0.05) is 42.5 Å². The van der Waals surface area contributed by atoms with Gasteiger partial charge in [0.1, 0.15) is 23.4 Å². The van der Waals surface area contributed by atoms with Gasteiger partial charge >= 0.3 is 24.7 Å². The molecule has 2 amide bonds. The van der Waals surface area contributed by atoms with Gasteiger partial charge in [-0.3, -0.25) is 0 Å². The zero-order valence-corrected chi connectivity index (χ0v) is 20.0. The SMILES string of the molecule is CC(NC(=O)NC(Cc1ccccc1)(c1ccc(F)cc1)c1cc(F)cc(OC(F)(F)C(F)F)c1)C(F)(F)F. The van der Waals surface area contributed by atoms with Crippen LogP contribution in [0.25, 0.3) is 0 Å². The van der Waals surface area contributed by atoms with Crippen molar-refractivity contribution in [2.75, 3.05) is 0 Å². The normalized spacial score (nSPS) is 14.4. The van der Waals surface area contributed by atoms with Crippen molar-refractivity contribution in [2.45, 2.75) is 43.6 Å². The van der Waals surface area contributed by atoms with Crippen LogP contribution in [0.2, 0.25) is 0 Å². The molecular weight excluding hydrogens is 543 g/mol. The predicted molar refractivity (Wildman–Crippen MR) is 122 cm³/mol. The number of urea groups is 1. The number of carbonyl (C=O) groups is 1. The van der Waals surface area contributed by atoms with Crippen molar-refractivity contribution in [3.05, 3.63) is 101 Å². The molecule has 0 saturated carbocycles. The molecule has 2 unspecified atom stereocenters. The molecular formula is C26H21F9N2O2. The molecule has 0 aliphatic carbocycles. The van der Waals surface area contributed by atoms with E-state index in [1.54, 1.807) is 35.6 Å². The molecule has 4 nitrogen and oxygen atoms in total. The van der Waals surface area contributed by atoms with Crippen molar-refractivity contribution in [1.82, 2.24) is 10.6 Å². The van der Waals surface area contributed by atoms with Crippen molar-refractivity contribution < 1.29 is 49.0 Å². The highest BCUT2D eigenvalue weighted by atomic mass is 19.4. The van der Waals surface area contributed by atoms with Crippen LogP contribution in [0.1, 0.15) is 23.6 Å². The van der Waals surface area contributed by atoms with Crippen molar-refractivity contribution >= 4 is 6.03 Å². The van der Waals surface area contributed by atoms with Gasteiger partial charge in [-0.25, -0.2) is 13.6 Å². The van der Waals surface area contributed by atoms with E-state index in [4.69, 9.17) is 0 Å². The summed E-state index contributed by atoms with van der Waals surface area (Å²) in [6.45, 7) is 0.664. The molecule has 0 bridgehead atoms. The second kappa shape index (κ2) is 11.5. The molecule has 210 valence electrons. The number of amides is 2. The Balaban J connectivity index is 2.23. The highest BCUT2D eigenvalue weighted by Crippen LogP contribution is 2.38. The molecule has 39 heavy (non-hydrogen) atoms. The summed E-state index contributed by atoms with van der Waals surface area (Å²) in [4.78, 5) is 12.9. The fourth-order valence-electron chi connectivity index (χ4n) is 3.77. The summed E-state index contributed by atoms with van der Waals surface area (Å²) in [6.07, 6.45) is -14.4. The molecule has 0 heterocycles. The number of hydrogen-bond acceptors (Lipinski definition) is 2. The van der Waals surface area contributed by atoms with E-state index in [1.807, 2.05) is 0 Å². The third kappa shape index (κ3) is 7.36. The molecule has 0 aromatic heterocycles. The van der Waals surface area contributed by atoms with Gasteiger partial charge in [0.25, 0.3) is 0 Å². The van der Waals surface area contributed by atoms with Crippen molar-refractivity contribution in [2.24, 2.45) is 0 Å². The summed E-state index contributed by atoms with van der Waals surface area (Å²) < 4.78 is 125. The first-order chi connectivity index (χ1) is 18.1. The number of halogens is 9. The largest absolute Gasteiger partial charge is 0.461 e. The van der Waals surface area contributed by atoms with Gasteiger partial charge in [0.05, 0.1) is 5.54 Å². The molecule has 0 spiro atoms. The van der Waals surface area contributed by atoms with E-state index in [9.17, 15) is 44.3 Å². The van der Waals surface area contributed by atoms with Crippen LogP contribution in [0.5, 0.6) is 5.75 Å². The smallest absolute Gasteiger partial charge is 0.428 e. The number of benzene rings is 3. The molecule has 2 N–H and O–H groups in total. The lowest BCUT2D eigenvalue weighted by Crippen LogP contribution is -2.55. The Morgan fingerprint density at radius 3 is 2.03 bits per heavy atom. The molecule has 0 saturated heterocycles. The average Bonchev–Trinajstić information content (AvgIpc) is 2.83. The monoisotopic (exact) mass is 564 g/mol. The fraction of sp³-hybridized carbons (Fsp3) is 0.269. The van der Waals surface area contributed by atoms with Crippen LogP contribution in [-0.4, -0.2) is 30.8 Å². The zero-order chi connectivity index (χ0) is 29.0. The van der Waals surface area contributed by atoms with E-state index in [0.29, 0.717) is 18.6 Å². The highest BCUT2D eigenvalue weighted by Gasteiger charge is 2.45. The van der Waals surface area contributed by atoms with Gasteiger partial charge in [-0.05, 0) is 47.9 Å². The lowest BCUT2D eigenvalue weighted by molar-refractivity contribution is -0.253. The van der Waals surface area contributed by atoms with Gasteiger partial charge in [-0.15, -0.1) is 0 Å². The second-order valence-electron chi connectivity index (χ2n) is 8.58. The molecule has 2 atom stereocenters. The van der Waals surface area contributed by atoms with E-state index < -0.39 is 53.7 Å². The van der Waals surface area contributed by atoms with Crippen LogP contribution in [-0.2, 0) is 12.0 Å². The van der Waals surface area contributed by atoms with Gasteiger partial charge in [-0.2, -0.15) is 30.7 Å². The molecule has 0 aliphatic rings. The second-order valence-corrected chi connectivity index (χ2v) is 8.58. The van der Waals surface area contributed by atoms with Crippen LogP contribution < -0.4 is 15.4 Å². The maximum Gasteiger partial charge on any atom is 0.461 e. The summed E-state index contributed by atoms with van der Waals surface area (Å²) in [5.74, 6) is -3.04. The van der Waals surface area contributed by atoms with Gasteiger partial charge in [0, 0.05) is 12.5 Å². The number of carbonyl (C=O) groups excluding carboxylic acids is 1. The average molecular weight is 564 g/mol. The molecule has 0 aliphatic heterocycles. The number of hydrogen-bond donors (Lipinski definition) is 2. The first-order valence-corrected chi connectivity index (χ1v) is 11.2. The fourth-order valence-corrected chi connectivity index (χ4v) is 3.77. The number of ether oxygens (including phenoxy) is 1. The van der Waals surface area contributed by atoms with Crippen LogP contribution >= 0.6 is 0 Å². The Kier molecular flexibility index (Phi) is 8.71. The van der Waals surface area contributed by atoms with Gasteiger partial charge in [0.2, 0.25) is 0 Å². The van der Waals surface area contributed by atoms with E-state index in [-0.39, 0.29) is 17.5 Å². The molecule has 0 fully saturated rings. The minimum Gasteiger partial charge on any atom is -0.428 e. The zero-order valence-electron chi connectivity index (χ0n) is 20.0. The number of rotatable bonds is 9. The maximum atomic E-state index is 14.7. The van der Waals surface area contributed by atoms with E-state index in [1.165, 1.54) is 0 Å². The Labute approximate surface area is 216 Å².